The summed E-state index contributed by atoms with van der Waals surface area (Å²) in [6.45, 7) is 0. The first-order valence-electron chi connectivity index (χ1n) is 2.43. The van der Waals surface area contributed by atoms with Gasteiger partial charge in [0.05, 0.1) is 11.7 Å². The number of aromatic carboxylic acids is 1. The molecule has 0 aliphatic heterocycles. The van der Waals surface area contributed by atoms with Gasteiger partial charge in [-0.1, -0.05) is 6.07 Å². The Labute approximate surface area is 114 Å². The van der Waals surface area contributed by atoms with Crippen molar-refractivity contribution in [1.29, 1.82) is 0 Å². The maximum absolute atomic E-state index is 10.0. The topological polar surface area (TPSA) is 83.0 Å². The van der Waals surface area contributed by atoms with E-state index < -0.39 is 5.97 Å². The van der Waals surface area contributed by atoms with Crippen molar-refractivity contribution in [2.75, 3.05) is 0 Å². The van der Waals surface area contributed by atoms with Gasteiger partial charge in [0.2, 0.25) is 0 Å². The van der Waals surface area contributed by atoms with Crippen molar-refractivity contribution in [3.63, 3.8) is 0 Å². The zero-order valence-corrected chi connectivity index (χ0v) is 11.0. The van der Waals surface area contributed by atoms with Gasteiger partial charge in [0.25, 0.3) is 0 Å². The minimum atomic E-state index is -1.24. The summed E-state index contributed by atoms with van der Waals surface area (Å²) in [6, 6.07) is 4.62. The van der Waals surface area contributed by atoms with E-state index in [-0.39, 0.29) is 70.3 Å². The summed E-state index contributed by atoms with van der Waals surface area (Å²) in [5.41, 5.74) is -0.0301. The molecule has 0 aliphatic rings. The Bertz CT molecular complexity index is 217. The standard InChI is InChI=1S/C6H5NO2.2Na.H2O/c8-6(9)5-3-1-2-4-7-5;;;/h1-4H,(H,8,9);;;1H2/q;2*+1;/p-2. The number of carbonyl (C=O) groups is 1. The molecule has 0 saturated heterocycles. The minimum Gasteiger partial charge on any atom is -0.870 e. The Balaban J connectivity index is -0.000000270. The predicted octanol–water partition coefficient (Wildman–Crippen LogP) is -6.72. The van der Waals surface area contributed by atoms with Crippen LogP contribution >= 0.6 is 0 Å². The van der Waals surface area contributed by atoms with Crippen LogP contribution in [0.3, 0.4) is 0 Å². The van der Waals surface area contributed by atoms with Crippen LogP contribution in [0.4, 0.5) is 0 Å². The van der Waals surface area contributed by atoms with Crippen molar-refractivity contribution in [3.8, 4) is 0 Å². The zero-order chi connectivity index (χ0) is 6.69. The number of carboxylic acid groups (broad SMARTS) is 1. The molecule has 0 spiro atoms. The molecule has 0 fully saturated rings. The van der Waals surface area contributed by atoms with Crippen LogP contribution in [0.1, 0.15) is 10.5 Å². The van der Waals surface area contributed by atoms with E-state index in [1.54, 1.807) is 12.1 Å². The van der Waals surface area contributed by atoms with Gasteiger partial charge in [-0.05, 0) is 12.1 Å². The van der Waals surface area contributed by atoms with E-state index in [1.165, 1.54) is 12.3 Å². The second-order valence-corrected chi connectivity index (χ2v) is 1.50. The fourth-order valence-electron chi connectivity index (χ4n) is 0.484. The van der Waals surface area contributed by atoms with Crippen molar-refractivity contribution >= 4 is 5.97 Å². The summed E-state index contributed by atoms with van der Waals surface area (Å²) in [7, 11) is 0. The Morgan fingerprint density at radius 2 is 1.92 bits per heavy atom. The van der Waals surface area contributed by atoms with E-state index in [0.29, 0.717) is 0 Å². The third kappa shape index (κ3) is 6.14. The fraction of sp³-hybridized carbons (Fsp3) is 0. The predicted molar refractivity (Wildman–Crippen MR) is 30.5 cm³/mol. The monoisotopic (exact) mass is 185 g/mol. The molecule has 0 amide bonds. The fourth-order valence-corrected chi connectivity index (χ4v) is 0.484. The average molecular weight is 185 g/mol. The Kier molecular flexibility index (Phi) is 14.8. The number of carbonyl (C=O) groups excluding carboxylic acids is 1. The van der Waals surface area contributed by atoms with Gasteiger partial charge < -0.3 is 15.4 Å². The van der Waals surface area contributed by atoms with Crippen LogP contribution in [0.2, 0.25) is 0 Å². The van der Waals surface area contributed by atoms with Gasteiger partial charge in [-0.15, -0.1) is 0 Å². The molecule has 4 nitrogen and oxygen atoms in total. The average Bonchev–Trinajstić information content (AvgIpc) is 1.90. The van der Waals surface area contributed by atoms with Gasteiger partial charge in [-0.25, -0.2) is 0 Å². The minimum absolute atomic E-state index is 0. The summed E-state index contributed by atoms with van der Waals surface area (Å²) in [4.78, 5) is 13.5. The number of hydrogen-bond donors (Lipinski definition) is 0. The van der Waals surface area contributed by atoms with Gasteiger partial charge in [0, 0.05) is 6.20 Å². The Hall–Kier alpha value is 0.580. The van der Waals surface area contributed by atoms with Crippen molar-refractivity contribution in [2.45, 2.75) is 0 Å². The van der Waals surface area contributed by atoms with Gasteiger partial charge >= 0.3 is 59.1 Å². The van der Waals surface area contributed by atoms with E-state index in [9.17, 15) is 9.90 Å². The van der Waals surface area contributed by atoms with Crippen LogP contribution in [0, 0.1) is 0 Å². The molecular formula is C6H5NNa2O3. The van der Waals surface area contributed by atoms with E-state index >= 15 is 0 Å². The molecule has 54 valence electrons. The molecular weight excluding hydrogens is 180 g/mol. The molecule has 0 bridgehead atoms. The molecule has 0 unspecified atom stereocenters. The maximum atomic E-state index is 10.0. The molecule has 0 radical (unpaired) electrons. The van der Waals surface area contributed by atoms with Gasteiger partial charge in [-0.3, -0.25) is 4.98 Å². The van der Waals surface area contributed by atoms with Gasteiger partial charge in [0.15, 0.2) is 0 Å². The smallest absolute Gasteiger partial charge is 0.870 e. The second kappa shape index (κ2) is 9.67. The number of hydrogen-bond acceptors (Lipinski definition) is 4. The summed E-state index contributed by atoms with van der Waals surface area (Å²) < 4.78 is 0. The SMILES string of the molecule is O=C([O-])c1ccccn1.[Na+].[Na+].[OH-]. The normalized spacial score (nSPS) is 6.67. The van der Waals surface area contributed by atoms with Gasteiger partial charge in [-0.2, -0.15) is 0 Å². The zero-order valence-electron chi connectivity index (χ0n) is 7.02. The Morgan fingerprint density at radius 3 is 2.17 bits per heavy atom. The molecule has 0 saturated carbocycles. The van der Waals surface area contributed by atoms with Crippen LogP contribution in [-0.2, 0) is 0 Å². The number of rotatable bonds is 1. The molecule has 1 N–H and O–H groups in total. The van der Waals surface area contributed by atoms with E-state index in [2.05, 4.69) is 4.98 Å². The second-order valence-electron chi connectivity index (χ2n) is 1.50. The van der Waals surface area contributed by atoms with Crippen molar-refractivity contribution in [3.05, 3.63) is 30.1 Å². The van der Waals surface area contributed by atoms with Crippen LogP contribution in [0.15, 0.2) is 24.4 Å². The molecule has 1 rings (SSSR count). The van der Waals surface area contributed by atoms with E-state index in [4.69, 9.17) is 0 Å². The third-order valence-electron chi connectivity index (χ3n) is 0.874. The first-order chi connectivity index (χ1) is 4.30. The first kappa shape index (κ1) is 18.4. The first-order valence-corrected chi connectivity index (χ1v) is 2.43. The summed E-state index contributed by atoms with van der Waals surface area (Å²) >= 11 is 0. The maximum Gasteiger partial charge on any atom is 1.00 e. The van der Waals surface area contributed by atoms with Crippen molar-refractivity contribution in [1.82, 2.24) is 4.98 Å². The van der Waals surface area contributed by atoms with Crippen molar-refractivity contribution < 1.29 is 74.5 Å². The summed E-state index contributed by atoms with van der Waals surface area (Å²) in [5, 5.41) is 10.0. The Morgan fingerprint density at radius 1 is 1.33 bits per heavy atom. The summed E-state index contributed by atoms with van der Waals surface area (Å²) in [5.74, 6) is -1.24. The van der Waals surface area contributed by atoms with Gasteiger partial charge in [0.1, 0.15) is 0 Å². The van der Waals surface area contributed by atoms with Crippen LogP contribution in [-0.4, -0.2) is 16.4 Å². The number of pyridine rings is 1. The van der Waals surface area contributed by atoms with E-state index in [1.807, 2.05) is 0 Å². The number of aromatic nitrogens is 1. The number of nitrogens with zero attached hydrogens (tertiary/aromatic N) is 1. The van der Waals surface area contributed by atoms with Crippen molar-refractivity contribution in [2.24, 2.45) is 0 Å². The van der Waals surface area contributed by atoms with E-state index in [0.717, 1.165) is 0 Å². The summed E-state index contributed by atoms with van der Waals surface area (Å²) in [6.07, 6.45) is 1.41. The van der Waals surface area contributed by atoms with Crippen LogP contribution in [0.5, 0.6) is 0 Å². The molecule has 1 aromatic rings. The number of carboxylic acids is 1. The molecule has 1 heterocycles. The molecule has 0 atom stereocenters. The quantitative estimate of drug-likeness (QED) is 0.407. The molecule has 0 aliphatic carbocycles. The van der Waals surface area contributed by atoms with Crippen LogP contribution < -0.4 is 64.2 Å². The molecule has 6 heteroatoms. The molecule has 0 aromatic carbocycles. The largest absolute Gasteiger partial charge is 1.00 e. The third-order valence-corrected chi connectivity index (χ3v) is 0.874. The molecule has 12 heavy (non-hydrogen) atoms. The van der Waals surface area contributed by atoms with Crippen LogP contribution in [0.25, 0.3) is 0 Å². The molecule has 1 aromatic heterocycles.